The van der Waals surface area contributed by atoms with Gasteiger partial charge in [0.25, 0.3) is 0 Å². The molecule has 0 bridgehead atoms. The summed E-state index contributed by atoms with van der Waals surface area (Å²) >= 11 is 2.65. The van der Waals surface area contributed by atoms with E-state index < -0.39 is 5.97 Å². The molecule has 0 spiro atoms. The van der Waals surface area contributed by atoms with Gasteiger partial charge in [-0.05, 0) is 36.4 Å². The van der Waals surface area contributed by atoms with E-state index in [2.05, 4.69) is 0 Å². The Morgan fingerprint density at radius 3 is 2.58 bits per heavy atom. The van der Waals surface area contributed by atoms with E-state index >= 15 is 0 Å². The molecule has 1 aromatic carbocycles. The largest absolute Gasteiger partial charge is 0.454 e. The van der Waals surface area contributed by atoms with E-state index in [0.717, 1.165) is 25.9 Å². The first kappa shape index (κ1) is 18.7. The molecule has 1 aliphatic rings. The van der Waals surface area contributed by atoms with Crippen LogP contribution in [0.5, 0.6) is 0 Å². The number of carbonyl (C=O) groups is 3. The van der Waals surface area contributed by atoms with Gasteiger partial charge >= 0.3 is 5.97 Å². The molecule has 0 aliphatic carbocycles. The number of ketones is 1. The number of hydrogen-bond donors (Lipinski definition) is 0. The third-order valence-corrected chi connectivity index (χ3v) is 6.02. The number of Topliss-reactive ketones (excluding diaryl/α,β-unsaturated/α-hetero) is 1. The van der Waals surface area contributed by atoms with Crippen molar-refractivity contribution >= 4 is 40.8 Å². The third kappa shape index (κ3) is 4.74. The van der Waals surface area contributed by atoms with E-state index in [1.165, 1.54) is 23.1 Å². The van der Waals surface area contributed by atoms with Crippen molar-refractivity contribution in [3.05, 3.63) is 52.2 Å². The van der Waals surface area contributed by atoms with Gasteiger partial charge in [-0.15, -0.1) is 23.1 Å². The molecule has 1 aromatic heterocycles. The maximum Gasteiger partial charge on any atom is 0.339 e. The van der Waals surface area contributed by atoms with Crippen LogP contribution in [0.1, 0.15) is 32.9 Å². The Kier molecular flexibility index (Phi) is 6.46. The van der Waals surface area contributed by atoms with Crippen LogP contribution in [0, 0.1) is 0 Å². The van der Waals surface area contributed by atoms with Gasteiger partial charge < -0.3 is 9.64 Å². The second kappa shape index (κ2) is 9.00. The van der Waals surface area contributed by atoms with E-state index in [4.69, 9.17) is 4.74 Å². The smallest absolute Gasteiger partial charge is 0.339 e. The van der Waals surface area contributed by atoms with Crippen LogP contribution < -0.4 is 0 Å². The molecular weight excluding hydrogens is 370 g/mol. The maximum absolute atomic E-state index is 12.4. The minimum Gasteiger partial charge on any atom is -0.454 e. The van der Waals surface area contributed by atoms with Crippen molar-refractivity contribution in [2.75, 3.05) is 25.4 Å². The first-order valence-corrected chi connectivity index (χ1v) is 10.2. The number of benzene rings is 1. The number of likely N-dealkylation sites (tertiary alicyclic amines) is 1. The summed E-state index contributed by atoms with van der Waals surface area (Å²) in [6.45, 7) is 1.34. The zero-order valence-electron chi connectivity index (χ0n) is 14.2. The van der Waals surface area contributed by atoms with E-state index in [1.807, 2.05) is 11.0 Å². The van der Waals surface area contributed by atoms with Crippen LogP contribution in [0.15, 0.2) is 46.7 Å². The van der Waals surface area contributed by atoms with Gasteiger partial charge in [0.05, 0.1) is 16.2 Å². The van der Waals surface area contributed by atoms with Gasteiger partial charge in [0.1, 0.15) is 0 Å². The number of hydrogen-bond acceptors (Lipinski definition) is 6. The van der Waals surface area contributed by atoms with Crippen molar-refractivity contribution in [1.82, 2.24) is 4.90 Å². The van der Waals surface area contributed by atoms with E-state index in [0.29, 0.717) is 21.1 Å². The number of nitrogens with zero attached hydrogens (tertiary/aromatic N) is 1. The van der Waals surface area contributed by atoms with Crippen LogP contribution in [-0.4, -0.2) is 48.0 Å². The summed E-state index contributed by atoms with van der Waals surface area (Å²) in [6.07, 6.45) is 2.11. The van der Waals surface area contributed by atoms with Crippen molar-refractivity contribution in [2.45, 2.75) is 17.7 Å². The zero-order chi connectivity index (χ0) is 18.4. The standard InChI is InChI=1S/C19H19NO4S2/c21-15(17-8-5-11-25-17)12-24-19(23)14-6-1-2-7-16(14)26-13-18(22)20-9-3-4-10-20/h1-2,5-8,11H,3-4,9-10,12-13H2. The lowest BCUT2D eigenvalue weighted by atomic mass is 10.2. The van der Waals surface area contributed by atoms with Crippen LogP contribution in [0.2, 0.25) is 0 Å². The highest BCUT2D eigenvalue weighted by molar-refractivity contribution is 8.00. The van der Waals surface area contributed by atoms with E-state index in [9.17, 15) is 14.4 Å². The molecule has 5 nitrogen and oxygen atoms in total. The molecule has 1 fully saturated rings. The Balaban J connectivity index is 1.58. The molecule has 3 rings (SSSR count). The summed E-state index contributed by atoms with van der Waals surface area (Å²) in [6, 6.07) is 10.5. The molecule has 0 N–H and O–H groups in total. The minimum absolute atomic E-state index is 0.0866. The number of thioether (sulfide) groups is 1. The van der Waals surface area contributed by atoms with Crippen LogP contribution in [0.3, 0.4) is 0 Å². The van der Waals surface area contributed by atoms with Gasteiger partial charge in [-0.1, -0.05) is 18.2 Å². The molecule has 0 unspecified atom stereocenters. The number of thiophene rings is 1. The minimum atomic E-state index is -0.549. The van der Waals surface area contributed by atoms with E-state index in [1.54, 1.807) is 35.7 Å². The average Bonchev–Trinajstić information content (AvgIpc) is 3.38. The van der Waals surface area contributed by atoms with Crippen molar-refractivity contribution in [3.63, 3.8) is 0 Å². The van der Waals surface area contributed by atoms with Crippen LogP contribution in [0.4, 0.5) is 0 Å². The lowest BCUT2D eigenvalue weighted by molar-refractivity contribution is -0.127. The fourth-order valence-electron chi connectivity index (χ4n) is 2.68. The van der Waals surface area contributed by atoms with Crippen molar-refractivity contribution < 1.29 is 19.1 Å². The van der Waals surface area contributed by atoms with Gasteiger partial charge in [-0.2, -0.15) is 0 Å². The Labute approximate surface area is 160 Å². The summed E-state index contributed by atoms with van der Waals surface area (Å²) in [5, 5.41) is 1.80. The number of ether oxygens (including phenoxy) is 1. The second-order valence-corrected chi connectivity index (χ2v) is 7.81. The topological polar surface area (TPSA) is 63.7 Å². The number of esters is 1. The number of rotatable bonds is 7. The van der Waals surface area contributed by atoms with Gasteiger partial charge in [-0.25, -0.2) is 4.79 Å². The molecule has 26 heavy (non-hydrogen) atoms. The van der Waals surface area contributed by atoms with Gasteiger partial charge in [0, 0.05) is 18.0 Å². The predicted octanol–water partition coefficient (Wildman–Crippen LogP) is 3.50. The molecule has 0 radical (unpaired) electrons. The second-order valence-electron chi connectivity index (χ2n) is 5.85. The first-order chi connectivity index (χ1) is 12.6. The fourth-order valence-corrected chi connectivity index (χ4v) is 4.27. The summed E-state index contributed by atoms with van der Waals surface area (Å²) in [7, 11) is 0. The quantitative estimate of drug-likeness (QED) is 0.412. The summed E-state index contributed by atoms with van der Waals surface area (Å²) in [4.78, 5) is 39.6. The Hall–Kier alpha value is -2.12. The van der Waals surface area contributed by atoms with Crippen molar-refractivity contribution in [2.24, 2.45) is 0 Å². The van der Waals surface area contributed by atoms with Gasteiger partial charge in [0.15, 0.2) is 6.61 Å². The molecular formula is C19H19NO4S2. The molecule has 1 saturated heterocycles. The van der Waals surface area contributed by atoms with Gasteiger partial charge in [-0.3, -0.25) is 9.59 Å². The normalized spacial score (nSPS) is 13.6. The van der Waals surface area contributed by atoms with Gasteiger partial charge in [0.2, 0.25) is 11.7 Å². The lowest BCUT2D eigenvalue weighted by Crippen LogP contribution is -2.29. The zero-order valence-corrected chi connectivity index (χ0v) is 15.8. The van der Waals surface area contributed by atoms with Crippen molar-refractivity contribution in [1.29, 1.82) is 0 Å². The van der Waals surface area contributed by atoms with Crippen LogP contribution in [-0.2, 0) is 9.53 Å². The molecule has 2 aromatic rings. The monoisotopic (exact) mass is 389 g/mol. The Morgan fingerprint density at radius 1 is 1.08 bits per heavy atom. The number of amides is 1. The van der Waals surface area contributed by atoms with Crippen LogP contribution >= 0.6 is 23.1 Å². The molecule has 0 atom stereocenters. The Bertz CT molecular complexity index is 783. The number of carbonyl (C=O) groups excluding carboxylic acids is 3. The summed E-state index contributed by atoms with van der Waals surface area (Å²) in [5.41, 5.74) is 0.380. The summed E-state index contributed by atoms with van der Waals surface area (Å²) < 4.78 is 5.17. The van der Waals surface area contributed by atoms with Crippen LogP contribution in [0.25, 0.3) is 0 Å². The average molecular weight is 389 g/mol. The fraction of sp³-hybridized carbons (Fsp3) is 0.316. The Morgan fingerprint density at radius 2 is 1.85 bits per heavy atom. The molecule has 2 heterocycles. The first-order valence-electron chi connectivity index (χ1n) is 8.38. The molecule has 0 saturated carbocycles. The molecule has 136 valence electrons. The molecule has 1 amide bonds. The lowest BCUT2D eigenvalue weighted by Gasteiger charge is -2.15. The SMILES string of the molecule is O=C(COC(=O)c1ccccc1SCC(=O)N1CCCC1)c1cccs1. The predicted molar refractivity (Wildman–Crippen MR) is 102 cm³/mol. The highest BCUT2D eigenvalue weighted by atomic mass is 32.2. The molecule has 1 aliphatic heterocycles. The highest BCUT2D eigenvalue weighted by Crippen LogP contribution is 2.24. The highest BCUT2D eigenvalue weighted by Gasteiger charge is 2.20. The summed E-state index contributed by atoms with van der Waals surface area (Å²) in [5.74, 6) is -0.392. The van der Waals surface area contributed by atoms with E-state index in [-0.39, 0.29) is 18.3 Å². The maximum atomic E-state index is 12.4. The third-order valence-electron chi connectivity index (χ3n) is 4.05. The van der Waals surface area contributed by atoms with Crippen molar-refractivity contribution in [3.8, 4) is 0 Å². The molecule has 7 heteroatoms.